The highest BCUT2D eigenvalue weighted by Gasteiger charge is 2.25. The number of methoxy groups -OCH3 is 1. The Morgan fingerprint density at radius 2 is 2.16 bits per heavy atom. The number of amides is 1. The van der Waals surface area contributed by atoms with E-state index in [0.717, 1.165) is 28.6 Å². The van der Waals surface area contributed by atoms with Gasteiger partial charge >= 0.3 is 0 Å². The number of nitrogens with two attached hydrogens (primary N) is 1. The maximum Gasteiger partial charge on any atom is 0.271 e. The summed E-state index contributed by atoms with van der Waals surface area (Å²) in [5.74, 6) is 1.75. The molecule has 170 valence electrons. The van der Waals surface area contributed by atoms with Crippen LogP contribution in [-0.2, 0) is 11.3 Å². The third kappa shape index (κ3) is 5.90. The van der Waals surface area contributed by atoms with Gasteiger partial charge in [0, 0.05) is 38.9 Å². The molecule has 1 aliphatic rings. The minimum absolute atomic E-state index is 0.179. The Balaban J connectivity index is 2.00. The lowest BCUT2D eigenvalue weighted by molar-refractivity contribution is 0.0901. The number of halogens is 1. The van der Waals surface area contributed by atoms with E-state index >= 15 is 0 Å². The summed E-state index contributed by atoms with van der Waals surface area (Å²) >= 11 is 3.55. The molecule has 2 heterocycles. The van der Waals surface area contributed by atoms with Crippen LogP contribution in [0.5, 0.6) is 5.75 Å². The van der Waals surface area contributed by atoms with E-state index in [4.69, 9.17) is 20.2 Å². The molecule has 1 fully saturated rings. The number of hydrogen-bond donors (Lipinski definition) is 4. The minimum atomic E-state index is -0.179. The van der Waals surface area contributed by atoms with Crippen LogP contribution in [0.1, 0.15) is 35.8 Å². The SMILES string of the molecule is CCNC(=O)c1c(NCCN)nc(NC2CCOCC2)n1Cc1ccc(OC)c(Br)c1. The fraction of sp³-hybridized carbons (Fsp3) is 0.524. The number of nitrogens with zero attached hydrogens (tertiary/aromatic N) is 2. The predicted molar refractivity (Wildman–Crippen MR) is 125 cm³/mol. The van der Waals surface area contributed by atoms with Gasteiger partial charge in [-0.3, -0.25) is 9.36 Å². The number of carbonyl (C=O) groups is 1. The second kappa shape index (κ2) is 11.4. The molecule has 1 aromatic carbocycles. The van der Waals surface area contributed by atoms with Crippen molar-refractivity contribution in [2.24, 2.45) is 5.73 Å². The second-order valence-corrected chi connectivity index (χ2v) is 8.15. The molecular formula is C21H31BrN6O3. The molecule has 1 aromatic heterocycles. The zero-order valence-electron chi connectivity index (χ0n) is 18.0. The lowest BCUT2D eigenvalue weighted by Crippen LogP contribution is -2.30. The van der Waals surface area contributed by atoms with Crippen LogP contribution in [0.2, 0.25) is 0 Å². The third-order valence-corrected chi connectivity index (χ3v) is 5.69. The fourth-order valence-electron chi connectivity index (χ4n) is 3.52. The number of imidazole rings is 1. The van der Waals surface area contributed by atoms with Crippen molar-refractivity contribution in [2.45, 2.75) is 32.4 Å². The Morgan fingerprint density at radius 3 is 2.81 bits per heavy atom. The van der Waals surface area contributed by atoms with Gasteiger partial charge in [-0.25, -0.2) is 0 Å². The van der Waals surface area contributed by atoms with E-state index in [-0.39, 0.29) is 11.9 Å². The highest BCUT2D eigenvalue weighted by Crippen LogP contribution is 2.29. The van der Waals surface area contributed by atoms with Crippen molar-refractivity contribution >= 4 is 33.6 Å². The van der Waals surface area contributed by atoms with Gasteiger partial charge < -0.3 is 31.2 Å². The molecule has 5 N–H and O–H groups in total. The lowest BCUT2D eigenvalue weighted by Gasteiger charge is -2.24. The molecule has 31 heavy (non-hydrogen) atoms. The van der Waals surface area contributed by atoms with Crippen molar-refractivity contribution in [3.05, 3.63) is 33.9 Å². The summed E-state index contributed by atoms with van der Waals surface area (Å²) in [5.41, 5.74) is 7.17. The van der Waals surface area contributed by atoms with Gasteiger partial charge in [0.25, 0.3) is 5.91 Å². The van der Waals surface area contributed by atoms with Crippen molar-refractivity contribution in [2.75, 3.05) is 50.6 Å². The first-order chi connectivity index (χ1) is 15.1. The van der Waals surface area contributed by atoms with Crippen molar-refractivity contribution in [1.29, 1.82) is 0 Å². The monoisotopic (exact) mass is 494 g/mol. The number of aromatic nitrogens is 2. The Bertz CT molecular complexity index is 882. The molecule has 0 radical (unpaired) electrons. The molecule has 10 heteroatoms. The van der Waals surface area contributed by atoms with E-state index in [0.29, 0.717) is 56.9 Å². The fourth-order valence-corrected chi connectivity index (χ4v) is 4.11. The summed E-state index contributed by atoms with van der Waals surface area (Å²) in [6.07, 6.45) is 1.78. The first kappa shape index (κ1) is 23.4. The van der Waals surface area contributed by atoms with E-state index in [9.17, 15) is 4.79 Å². The van der Waals surface area contributed by atoms with Gasteiger partial charge in [-0.1, -0.05) is 6.07 Å². The average molecular weight is 495 g/mol. The maximum absolute atomic E-state index is 13.0. The lowest BCUT2D eigenvalue weighted by atomic mass is 10.1. The first-order valence-corrected chi connectivity index (χ1v) is 11.4. The second-order valence-electron chi connectivity index (χ2n) is 7.29. The van der Waals surface area contributed by atoms with Crippen LogP contribution >= 0.6 is 15.9 Å². The number of carbonyl (C=O) groups excluding carboxylic acids is 1. The van der Waals surface area contributed by atoms with Gasteiger partial charge in [-0.15, -0.1) is 0 Å². The standard InChI is InChI=1S/C21H31BrN6O3/c1-3-24-20(29)18-19(25-9-8-23)27-21(26-15-6-10-31-11-7-15)28(18)13-14-4-5-17(30-2)16(22)12-14/h4-5,12,15,25H,3,6-11,13,23H2,1-2H3,(H,24,29)(H,26,27). The van der Waals surface area contributed by atoms with E-state index < -0.39 is 0 Å². The van der Waals surface area contributed by atoms with Crippen molar-refractivity contribution < 1.29 is 14.3 Å². The van der Waals surface area contributed by atoms with Crippen LogP contribution in [0.4, 0.5) is 11.8 Å². The van der Waals surface area contributed by atoms with E-state index in [1.54, 1.807) is 7.11 Å². The molecule has 1 aliphatic heterocycles. The number of ether oxygens (including phenoxy) is 2. The topological polar surface area (TPSA) is 115 Å². The quantitative estimate of drug-likeness (QED) is 0.400. The van der Waals surface area contributed by atoms with Crippen LogP contribution in [0, 0.1) is 0 Å². The summed E-state index contributed by atoms with van der Waals surface area (Å²) in [6, 6.07) is 6.12. The molecular weight excluding hydrogens is 464 g/mol. The largest absolute Gasteiger partial charge is 0.496 e. The number of anilines is 2. The summed E-state index contributed by atoms with van der Waals surface area (Å²) in [6.45, 7) is 5.28. The molecule has 1 saturated heterocycles. The normalized spacial score (nSPS) is 14.3. The van der Waals surface area contributed by atoms with Crippen LogP contribution in [0.3, 0.4) is 0 Å². The van der Waals surface area contributed by atoms with Gasteiger partial charge in [-0.2, -0.15) is 4.98 Å². The Labute approximate surface area is 191 Å². The number of benzene rings is 1. The van der Waals surface area contributed by atoms with Crippen LogP contribution in [0.15, 0.2) is 22.7 Å². The van der Waals surface area contributed by atoms with E-state index in [2.05, 4.69) is 31.9 Å². The van der Waals surface area contributed by atoms with Crippen molar-refractivity contribution in [3.8, 4) is 5.75 Å². The molecule has 0 aliphatic carbocycles. The molecule has 0 spiro atoms. The molecule has 0 saturated carbocycles. The minimum Gasteiger partial charge on any atom is -0.496 e. The molecule has 1 amide bonds. The Kier molecular flexibility index (Phi) is 8.56. The van der Waals surface area contributed by atoms with Crippen LogP contribution in [0.25, 0.3) is 0 Å². The zero-order valence-corrected chi connectivity index (χ0v) is 19.6. The smallest absolute Gasteiger partial charge is 0.271 e. The van der Waals surface area contributed by atoms with Gasteiger partial charge in [0.05, 0.1) is 18.1 Å². The van der Waals surface area contributed by atoms with Gasteiger partial charge in [0.1, 0.15) is 5.75 Å². The van der Waals surface area contributed by atoms with Gasteiger partial charge in [0.15, 0.2) is 11.5 Å². The summed E-state index contributed by atoms with van der Waals surface area (Å²) in [7, 11) is 1.63. The summed E-state index contributed by atoms with van der Waals surface area (Å²) in [4.78, 5) is 17.7. The summed E-state index contributed by atoms with van der Waals surface area (Å²) in [5, 5.41) is 9.63. The Hall–Kier alpha value is -2.30. The third-order valence-electron chi connectivity index (χ3n) is 5.07. The number of hydrogen-bond acceptors (Lipinski definition) is 7. The highest BCUT2D eigenvalue weighted by atomic mass is 79.9. The molecule has 0 unspecified atom stereocenters. The van der Waals surface area contributed by atoms with E-state index in [1.165, 1.54) is 0 Å². The molecule has 0 atom stereocenters. The number of nitrogens with one attached hydrogen (secondary N) is 3. The van der Waals surface area contributed by atoms with Gasteiger partial charge in [0.2, 0.25) is 5.95 Å². The molecule has 3 rings (SSSR count). The van der Waals surface area contributed by atoms with Crippen LogP contribution < -0.4 is 26.4 Å². The van der Waals surface area contributed by atoms with Crippen molar-refractivity contribution in [1.82, 2.24) is 14.9 Å². The van der Waals surface area contributed by atoms with Crippen LogP contribution in [-0.4, -0.2) is 61.5 Å². The Morgan fingerprint density at radius 1 is 1.39 bits per heavy atom. The first-order valence-electron chi connectivity index (χ1n) is 10.6. The van der Waals surface area contributed by atoms with Gasteiger partial charge in [-0.05, 0) is 53.4 Å². The highest BCUT2D eigenvalue weighted by molar-refractivity contribution is 9.10. The zero-order chi connectivity index (χ0) is 22.2. The molecule has 2 aromatic rings. The predicted octanol–water partition coefficient (Wildman–Crippen LogP) is 2.41. The van der Waals surface area contributed by atoms with E-state index in [1.807, 2.05) is 29.7 Å². The molecule has 0 bridgehead atoms. The molecule has 9 nitrogen and oxygen atoms in total. The number of rotatable bonds is 10. The average Bonchev–Trinajstić information content (AvgIpc) is 3.10. The summed E-state index contributed by atoms with van der Waals surface area (Å²) < 4.78 is 13.6. The maximum atomic E-state index is 13.0. The van der Waals surface area contributed by atoms with Crippen molar-refractivity contribution in [3.63, 3.8) is 0 Å².